The molecule has 0 aliphatic heterocycles. The Morgan fingerprint density at radius 1 is 0.431 bits per heavy atom. The number of hydrogen-bond donors (Lipinski definition) is 0. The average molecular weight is 753 g/mol. The van der Waals surface area contributed by atoms with Crippen LogP contribution in [0.5, 0.6) is 0 Å². The van der Waals surface area contributed by atoms with Crippen LogP contribution in [0.15, 0.2) is 182 Å². The van der Waals surface area contributed by atoms with E-state index in [1.807, 2.05) is 0 Å². The maximum Gasteiger partial charge on any atom is 0.0508 e. The Kier molecular flexibility index (Phi) is 8.47. The molecular formula is C56H52N2. The maximum absolute atomic E-state index is 2.53. The summed E-state index contributed by atoms with van der Waals surface area (Å²) in [5.74, 6) is 3.08. The molecule has 4 fully saturated rings. The topological polar surface area (TPSA) is 6.48 Å². The molecule has 0 N–H and O–H groups in total. The first-order valence-electron chi connectivity index (χ1n) is 21.8. The van der Waals surface area contributed by atoms with E-state index in [1.165, 1.54) is 99.6 Å². The van der Waals surface area contributed by atoms with E-state index in [4.69, 9.17) is 0 Å². The summed E-state index contributed by atoms with van der Waals surface area (Å²) in [5, 5.41) is 0. The third kappa shape index (κ3) is 5.37. The van der Waals surface area contributed by atoms with E-state index in [0.29, 0.717) is 11.8 Å². The second-order valence-electron chi connectivity index (χ2n) is 17.9. The number of para-hydroxylation sites is 3. The SMILES string of the molecule is CCC1(C)c2ccccc2-c2cccc(N(c3ccccc3)c3ccc(C4(c5ccc(N(c6ccccc6)c6ccccc6)cc5)C5CC6CC(C5)CC4C6)cc3)c21. The summed E-state index contributed by atoms with van der Waals surface area (Å²) >= 11 is 0. The molecule has 0 heterocycles. The number of nitrogens with zero attached hydrogens (tertiary/aromatic N) is 2. The Hall–Kier alpha value is -5.86. The van der Waals surface area contributed by atoms with Crippen LogP contribution in [0.25, 0.3) is 11.1 Å². The third-order valence-electron chi connectivity index (χ3n) is 15.0. The molecule has 4 bridgehead atoms. The van der Waals surface area contributed by atoms with Gasteiger partial charge in [-0.05, 0) is 162 Å². The highest BCUT2D eigenvalue weighted by Gasteiger charge is 2.58. The van der Waals surface area contributed by atoms with Crippen molar-refractivity contribution in [1.29, 1.82) is 0 Å². The summed E-state index contributed by atoms with van der Waals surface area (Å²) in [7, 11) is 0. The molecule has 7 aromatic rings. The quantitative estimate of drug-likeness (QED) is 0.145. The van der Waals surface area contributed by atoms with Crippen LogP contribution in [-0.2, 0) is 10.8 Å². The van der Waals surface area contributed by atoms with Crippen molar-refractivity contribution in [2.75, 3.05) is 9.80 Å². The number of fused-ring (bicyclic) bond motifs is 3. The molecule has 5 aliphatic carbocycles. The number of benzene rings is 7. The lowest BCUT2D eigenvalue weighted by molar-refractivity contribution is -0.0418. The molecule has 4 saturated carbocycles. The predicted octanol–water partition coefficient (Wildman–Crippen LogP) is 15.1. The minimum Gasteiger partial charge on any atom is -0.311 e. The molecule has 7 aromatic carbocycles. The van der Waals surface area contributed by atoms with Gasteiger partial charge in [-0.15, -0.1) is 0 Å². The predicted molar refractivity (Wildman–Crippen MR) is 242 cm³/mol. The highest BCUT2D eigenvalue weighted by molar-refractivity contribution is 5.90. The molecule has 12 rings (SSSR count). The average Bonchev–Trinajstić information content (AvgIpc) is 3.54. The van der Waals surface area contributed by atoms with Crippen molar-refractivity contribution in [3.8, 4) is 11.1 Å². The van der Waals surface area contributed by atoms with Gasteiger partial charge in [-0.2, -0.15) is 0 Å². The smallest absolute Gasteiger partial charge is 0.0508 e. The molecule has 2 nitrogen and oxygen atoms in total. The number of hydrogen-bond acceptors (Lipinski definition) is 2. The van der Waals surface area contributed by atoms with Gasteiger partial charge in [0.25, 0.3) is 0 Å². The summed E-state index contributed by atoms with van der Waals surface area (Å²) in [6, 6.07) is 68.4. The fourth-order valence-electron chi connectivity index (χ4n) is 12.6. The van der Waals surface area contributed by atoms with Gasteiger partial charge in [0.1, 0.15) is 0 Å². The van der Waals surface area contributed by atoms with Gasteiger partial charge in [0.05, 0.1) is 5.69 Å². The summed E-state index contributed by atoms with van der Waals surface area (Å²) in [6.07, 6.45) is 7.87. The molecule has 2 heteroatoms. The lowest BCUT2D eigenvalue weighted by atomic mass is 9.42. The van der Waals surface area contributed by atoms with Crippen molar-refractivity contribution in [2.24, 2.45) is 23.7 Å². The van der Waals surface area contributed by atoms with Crippen LogP contribution in [0.3, 0.4) is 0 Å². The van der Waals surface area contributed by atoms with E-state index in [1.54, 1.807) is 0 Å². The van der Waals surface area contributed by atoms with Gasteiger partial charge in [0.15, 0.2) is 0 Å². The zero-order valence-electron chi connectivity index (χ0n) is 33.8. The van der Waals surface area contributed by atoms with Crippen LogP contribution in [0.4, 0.5) is 34.1 Å². The lowest BCUT2D eigenvalue weighted by Crippen LogP contribution is -2.56. The van der Waals surface area contributed by atoms with Crippen molar-refractivity contribution >= 4 is 34.1 Å². The minimum atomic E-state index is -0.0807. The summed E-state index contributed by atoms with van der Waals surface area (Å²) in [5.41, 5.74) is 15.8. The molecular weight excluding hydrogens is 701 g/mol. The third-order valence-corrected chi connectivity index (χ3v) is 15.0. The molecule has 0 spiro atoms. The summed E-state index contributed by atoms with van der Waals surface area (Å²) < 4.78 is 0. The Morgan fingerprint density at radius 3 is 1.38 bits per heavy atom. The maximum atomic E-state index is 2.53. The van der Waals surface area contributed by atoms with Gasteiger partial charge in [0.2, 0.25) is 0 Å². The molecule has 0 radical (unpaired) electrons. The van der Waals surface area contributed by atoms with E-state index < -0.39 is 0 Å². The van der Waals surface area contributed by atoms with Gasteiger partial charge in [-0.3, -0.25) is 0 Å². The highest BCUT2D eigenvalue weighted by atomic mass is 15.1. The highest BCUT2D eigenvalue weighted by Crippen LogP contribution is 2.65. The van der Waals surface area contributed by atoms with E-state index in [2.05, 4.69) is 206 Å². The van der Waals surface area contributed by atoms with E-state index in [0.717, 1.165) is 18.3 Å². The van der Waals surface area contributed by atoms with Crippen LogP contribution in [0, 0.1) is 23.7 Å². The Morgan fingerprint density at radius 2 is 0.862 bits per heavy atom. The molecule has 58 heavy (non-hydrogen) atoms. The van der Waals surface area contributed by atoms with Crippen molar-refractivity contribution in [3.63, 3.8) is 0 Å². The Balaban J connectivity index is 1.03. The minimum absolute atomic E-state index is 0.00278. The van der Waals surface area contributed by atoms with Gasteiger partial charge >= 0.3 is 0 Å². The monoisotopic (exact) mass is 752 g/mol. The lowest BCUT2D eigenvalue weighted by Gasteiger charge is -2.62. The molecule has 0 aromatic heterocycles. The van der Waals surface area contributed by atoms with Gasteiger partial charge < -0.3 is 9.80 Å². The number of rotatable bonds is 9. The van der Waals surface area contributed by atoms with E-state index >= 15 is 0 Å². The first-order chi connectivity index (χ1) is 28.6. The first-order valence-corrected chi connectivity index (χ1v) is 21.8. The Bertz CT molecular complexity index is 2490. The molecule has 0 amide bonds. The summed E-state index contributed by atoms with van der Waals surface area (Å²) in [6.45, 7) is 4.80. The van der Waals surface area contributed by atoms with Crippen LogP contribution in [0.1, 0.15) is 74.6 Å². The zero-order valence-corrected chi connectivity index (χ0v) is 33.8. The van der Waals surface area contributed by atoms with Gasteiger partial charge in [-0.1, -0.05) is 129 Å². The van der Waals surface area contributed by atoms with Crippen LogP contribution in [0.2, 0.25) is 0 Å². The fourth-order valence-corrected chi connectivity index (χ4v) is 12.6. The van der Waals surface area contributed by atoms with Gasteiger partial charge in [0, 0.05) is 39.3 Å². The molecule has 286 valence electrons. The van der Waals surface area contributed by atoms with Gasteiger partial charge in [-0.25, -0.2) is 0 Å². The van der Waals surface area contributed by atoms with Crippen LogP contribution < -0.4 is 9.80 Å². The van der Waals surface area contributed by atoms with Crippen molar-refractivity contribution in [2.45, 2.75) is 63.2 Å². The van der Waals surface area contributed by atoms with Crippen molar-refractivity contribution in [1.82, 2.24) is 0 Å². The second-order valence-corrected chi connectivity index (χ2v) is 17.9. The molecule has 5 aliphatic rings. The molecule has 0 saturated heterocycles. The zero-order chi connectivity index (χ0) is 38.8. The van der Waals surface area contributed by atoms with E-state index in [9.17, 15) is 0 Å². The van der Waals surface area contributed by atoms with Crippen LogP contribution >= 0.6 is 0 Å². The van der Waals surface area contributed by atoms with Crippen LogP contribution in [-0.4, -0.2) is 0 Å². The fraction of sp³-hybridized carbons (Fsp3) is 0.250. The molecule has 1 unspecified atom stereocenters. The molecule has 1 atom stereocenters. The Labute approximate surface area is 344 Å². The van der Waals surface area contributed by atoms with E-state index in [-0.39, 0.29) is 10.8 Å². The second kappa shape index (κ2) is 13.9. The normalized spacial score (nSPS) is 24.9. The summed E-state index contributed by atoms with van der Waals surface area (Å²) in [4.78, 5) is 4.92. The number of anilines is 6. The largest absolute Gasteiger partial charge is 0.311 e. The van der Waals surface area contributed by atoms with Crippen molar-refractivity contribution in [3.05, 3.63) is 204 Å². The first kappa shape index (κ1) is 35.3. The standard InChI is InChI=1S/C56H52N2/c1-3-55(2)52-24-14-13-22-50(52)51-23-15-25-53(54(51)55)58(47-20-11-6-12-21-47)49-32-28-42(29-33-49)56(43-35-39-34-40(37-43)38-44(56)36-39)41-26-30-48(31-27-41)57(45-16-7-4-8-17-45)46-18-9-5-10-19-46/h4-33,39-40,43-44H,3,34-38H2,1-2H3. The van der Waals surface area contributed by atoms with Crippen molar-refractivity contribution < 1.29 is 0 Å².